The molecule has 0 bridgehead atoms. The lowest BCUT2D eigenvalue weighted by molar-refractivity contribution is 0.0492. The summed E-state index contributed by atoms with van der Waals surface area (Å²) in [6.45, 7) is 0. The number of rotatable bonds is 1. The Morgan fingerprint density at radius 3 is 2.93 bits per heavy atom. The van der Waals surface area contributed by atoms with Crippen molar-refractivity contribution in [2.24, 2.45) is 0 Å². The van der Waals surface area contributed by atoms with E-state index in [2.05, 4.69) is 0 Å². The summed E-state index contributed by atoms with van der Waals surface area (Å²) in [7, 11) is 0. The molecule has 14 heavy (non-hydrogen) atoms. The smallest absolute Gasteiger partial charge is 0.123 e. The third-order valence-electron chi connectivity index (χ3n) is 2.58. The average Bonchev–Trinajstić information content (AvgIpc) is 2.19. The zero-order chi connectivity index (χ0) is 10.0. The van der Waals surface area contributed by atoms with Crippen LogP contribution in [-0.2, 0) is 5.60 Å². The number of thioether (sulfide) groups is 1. The molecule has 3 heteroatoms. The highest BCUT2D eigenvalue weighted by Gasteiger charge is 2.31. The van der Waals surface area contributed by atoms with Crippen molar-refractivity contribution in [3.05, 3.63) is 35.6 Å². The molecular formula is C11H13FOS. The minimum absolute atomic E-state index is 0.272. The molecule has 0 amide bonds. The molecule has 0 saturated carbocycles. The Balaban J connectivity index is 2.28. The van der Waals surface area contributed by atoms with Gasteiger partial charge in [-0.1, -0.05) is 12.1 Å². The van der Waals surface area contributed by atoms with Crippen LogP contribution in [0, 0.1) is 5.82 Å². The first-order chi connectivity index (χ1) is 6.71. The minimum Gasteiger partial charge on any atom is -0.384 e. The van der Waals surface area contributed by atoms with Crippen LogP contribution >= 0.6 is 11.8 Å². The lowest BCUT2D eigenvalue weighted by atomic mass is 9.91. The average molecular weight is 212 g/mol. The summed E-state index contributed by atoms with van der Waals surface area (Å²) < 4.78 is 13.0. The molecule has 1 aliphatic rings. The highest BCUT2D eigenvalue weighted by molar-refractivity contribution is 7.99. The Hall–Kier alpha value is -0.540. The number of aliphatic hydroxyl groups is 1. The van der Waals surface area contributed by atoms with Crippen molar-refractivity contribution in [1.82, 2.24) is 0 Å². The second-order valence-corrected chi connectivity index (χ2v) is 4.80. The van der Waals surface area contributed by atoms with Gasteiger partial charge in [-0.25, -0.2) is 4.39 Å². The zero-order valence-electron chi connectivity index (χ0n) is 7.87. The summed E-state index contributed by atoms with van der Waals surface area (Å²) in [4.78, 5) is 0. The zero-order valence-corrected chi connectivity index (χ0v) is 8.69. The SMILES string of the molecule is OC1(c2cccc(F)c2)CCCSC1. The predicted molar refractivity (Wildman–Crippen MR) is 56.9 cm³/mol. The van der Waals surface area contributed by atoms with Crippen LogP contribution in [0.15, 0.2) is 24.3 Å². The lowest BCUT2D eigenvalue weighted by Gasteiger charge is -2.32. The molecule has 1 aromatic rings. The van der Waals surface area contributed by atoms with Gasteiger partial charge >= 0.3 is 0 Å². The summed E-state index contributed by atoms with van der Waals surface area (Å²) in [5.41, 5.74) is -0.102. The molecule has 1 fully saturated rings. The van der Waals surface area contributed by atoms with E-state index in [1.165, 1.54) is 12.1 Å². The standard InChI is InChI=1S/C11H13FOS/c12-10-4-1-3-9(7-10)11(13)5-2-6-14-8-11/h1,3-4,7,13H,2,5-6,8H2. The topological polar surface area (TPSA) is 20.2 Å². The van der Waals surface area contributed by atoms with Gasteiger partial charge in [-0.2, -0.15) is 11.8 Å². The minimum atomic E-state index is -0.814. The van der Waals surface area contributed by atoms with Crippen LogP contribution in [0.4, 0.5) is 4.39 Å². The van der Waals surface area contributed by atoms with Gasteiger partial charge in [0.2, 0.25) is 0 Å². The third kappa shape index (κ3) is 1.93. The molecule has 1 heterocycles. The monoisotopic (exact) mass is 212 g/mol. The van der Waals surface area contributed by atoms with E-state index in [1.54, 1.807) is 23.9 Å². The van der Waals surface area contributed by atoms with Gasteiger partial charge in [0, 0.05) is 5.75 Å². The van der Waals surface area contributed by atoms with Crippen molar-refractivity contribution in [1.29, 1.82) is 0 Å². The van der Waals surface area contributed by atoms with Crippen molar-refractivity contribution >= 4 is 11.8 Å². The van der Waals surface area contributed by atoms with Crippen molar-refractivity contribution in [3.63, 3.8) is 0 Å². The molecule has 0 radical (unpaired) electrons. The number of halogens is 1. The van der Waals surface area contributed by atoms with Crippen LogP contribution in [0.25, 0.3) is 0 Å². The highest BCUT2D eigenvalue weighted by atomic mass is 32.2. The third-order valence-corrected chi connectivity index (χ3v) is 3.84. The fourth-order valence-electron chi connectivity index (χ4n) is 1.79. The molecule has 1 nitrogen and oxygen atoms in total. The Labute approximate surface area is 87.3 Å². The van der Waals surface area contributed by atoms with Gasteiger partial charge in [-0.3, -0.25) is 0 Å². The van der Waals surface area contributed by atoms with E-state index in [9.17, 15) is 9.50 Å². The van der Waals surface area contributed by atoms with Crippen LogP contribution in [0.3, 0.4) is 0 Å². The fraction of sp³-hybridized carbons (Fsp3) is 0.455. The molecule has 1 atom stereocenters. The summed E-state index contributed by atoms with van der Waals surface area (Å²) in [6, 6.07) is 6.30. The van der Waals surface area contributed by atoms with E-state index in [1.807, 2.05) is 0 Å². The normalized spacial score (nSPS) is 27.6. The number of benzene rings is 1. The summed E-state index contributed by atoms with van der Waals surface area (Å²) in [6.07, 6.45) is 1.74. The second kappa shape index (κ2) is 3.91. The highest BCUT2D eigenvalue weighted by Crippen LogP contribution is 2.35. The lowest BCUT2D eigenvalue weighted by Crippen LogP contribution is -2.31. The van der Waals surface area contributed by atoms with E-state index in [0.717, 1.165) is 18.6 Å². The molecule has 2 rings (SSSR count). The molecule has 76 valence electrons. The van der Waals surface area contributed by atoms with Crippen LogP contribution in [0.1, 0.15) is 18.4 Å². The molecule has 1 unspecified atom stereocenters. The molecule has 0 spiro atoms. The molecular weight excluding hydrogens is 199 g/mol. The van der Waals surface area contributed by atoms with Crippen LogP contribution < -0.4 is 0 Å². The van der Waals surface area contributed by atoms with Gasteiger partial charge in [-0.05, 0) is 36.3 Å². The Morgan fingerprint density at radius 2 is 2.29 bits per heavy atom. The van der Waals surface area contributed by atoms with Gasteiger partial charge in [0.1, 0.15) is 5.82 Å². The maximum Gasteiger partial charge on any atom is 0.123 e. The number of hydrogen-bond donors (Lipinski definition) is 1. The van der Waals surface area contributed by atoms with Crippen molar-refractivity contribution in [2.75, 3.05) is 11.5 Å². The summed E-state index contributed by atoms with van der Waals surface area (Å²) in [5, 5.41) is 10.3. The van der Waals surface area contributed by atoms with E-state index < -0.39 is 5.60 Å². The first-order valence-electron chi connectivity index (χ1n) is 4.77. The van der Waals surface area contributed by atoms with Gasteiger partial charge in [-0.15, -0.1) is 0 Å². The van der Waals surface area contributed by atoms with Gasteiger partial charge in [0.05, 0.1) is 5.60 Å². The van der Waals surface area contributed by atoms with Gasteiger partial charge < -0.3 is 5.11 Å². The Kier molecular flexibility index (Phi) is 2.79. The fourth-order valence-corrected chi connectivity index (χ4v) is 2.93. The Morgan fingerprint density at radius 1 is 1.43 bits per heavy atom. The number of hydrogen-bond acceptors (Lipinski definition) is 2. The first kappa shape index (κ1) is 9.99. The van der Waals surface area contributed by atoms with Gasteiger partial charge in [0.25, 0.3) is 0 Å². The van der Waals surface area contributed by atoms with Crippen LogP contribution in [0.5, 0.6) is 0 Å². The summed E-state index contributed by atoms with van der Waals surface area (Å²) in [5.74, 6) is 1.50. The van der Waals surface area contributed by atoms with Crippen molar-refractivity contribution in [3.8, 4) is 0 Å². The van der Waals surface area contributed by atoms with E-state index in [4.69, 9.17) is 0 Å². The van der Waals surface area contributed by atoms with Crippen molar-refractivity contribution < 1.29 is 9.50 Å². The Bertz CT molecular complexity index is 321. The van der Waals surface area contributed by atoms with Gasteiger partial charge in [0.15, 0.2) is 0 Å². The van der Waals surface area contributed by atoms with E-state index in [-0.39, 0.29) is 5.82 Å². The van der Waals surface area contributed by atoms with E-state index >= 15 is 0 Å². The maximum absolute atomic E-state index is 13.0. The molecule has 0 aromatic heterocycles. The first-order valence-corrected chi connectivity index (χ1v) is 5.92. The molecule has 1 aromatic carbocycles. The van der Waals surface area contributed by atoms with Crippen molar-refractivity contribution in [2.45, 2.75) is 18.4 Å². The molecule has 0 aliphatic carbocycles. The van der Waals surface area contributed by atoms with E-state index in [0.29, 0.717) is 11.3 Å². The summed E-state index contributed by atoms with van der Waals surface area (Å²) >= 11 is 1.73. The van der Waals surface area contributed by atoms with Crippen LogP contribution in [0.2, 0.25) is 0 Å². The van der Waals surface area contributed by atoms with Crippen LogP contribution in [-0.4, -0.2) is 16.6 Å². The molecule has 1 aliphatic heterocycles. The molecule has 1 saturated heterocycles. The predicted octanol–water partition coefficient (Wildman–Crippen LogP) is 2.54. The molecule has 1 N–H and O–H groups in total. The quantitative estimate of drug-likeness (QED) is 0.772. The second-order valence-electron chi connectivity index (χ2n) is 3.70. The maximum atomic E-state index is 13.0. The largest absolute Gasteiger partial charge is 0.384 e.